The molecule has 0 aliphatic carbocycles. The minimum Gasteiger partial charge on any atom is -0.368 e. The summed E-state index contributed by atoms with van der Waals surface area (Å²) in [6, 6.07) is 1.43. The molecule has 1 unspecified atom stereocenters. The van der Waals surface area contributed by atoms with Crippen LogP contribution in [0.5, 0.6) is 0 Å². The molecule has 0 radical (unpaired) electrons. The maximum Gasteiger partial charge on any atom is 0.251 e. The first-order valence-corrected chi connectivity index (χ1v) is 7.91. The molecule has 3 heterocycles. The van der Waals surface area contributed by atoms with Crippen molar-refractivity contribution in [2.24, 2.45) is 0 Å². The van der Waals surface area contributed by atoms with Crippen LogP contribution in [-0.4, -0.2) is 55.2 Å². The molecule has 128 valence electrons. The van der Waals surface area contributed by atoms with Crippen molar-refractivity contribution in [2.75, 3.05) is 19.7 Å². The summed E-state index contributed by atoms with van der Waals surface area (Å²) < 4.78 is 7.39. The van der Waals surface area contributed by atoms with E-state index in [1.54, 1.807) is 22.8 Å². The number of carbonyl (C=O) groups excluding carboxylic acids is 1. The van der Waals surface area contributed by atoms with E-state index >= 15 is 0 Å². The Labute approximate surface area is 138 Å². The second-order valence-electron chi connectivity index (χ2n) is 5.72. The zero-order valence-electron chi connectivity index (χ0n) is 13.5. The first-order valence-electron chi connectivity index (χ1n) is 7.91. The molecule has 2 aromatic heterocycles. The summed E-state index contributed by atoms with van der Waals surface area (Å²) in [7, 11) is 0. The predicted molar refractivity (Wildman–Crippen MR) is 84.1 cm³/mol. The molecule has 0 spiro atoms. The van der Waals surface area contributed by atoms with E-state index in [0.29, 0.717) is 50.6 Å². The average Bonchev–Trinajstić information content (AvgIpc) is 3.07. The lowest BCUT2D eigenvalue weighted by Crippen LogP contribution is -2.42. The van der Waals surface area contributed by atoms with Crippen molar-refractivity contribution in [1.82, 2.24) is 29.6 Å². The van der Waals surface area contributed by atoms with Gasteiger partial charge in [-0.2, -0.15) is 5.10 Å². The number of aromatic nitrogens is 5. The van der Waals surface area contributed by atoms with Gasteiger partial charge in [0.15, 0.2) is 0 Å². The fraction of sp³-hybridized carbons (Fsp3) is 0.533. The zero-order chi connectivity index (χ0) is 16.9. The van der Waals surface area contributed by atoms with Crippen molar-refractivity contribution in [3.8, 4) is 0 Å². The van der Waals surface area contributed by atoms with E-state index < -0.39 is 0 Å². The Kier molecular flexibility index (Phi) is 4.99. The van der Waals surface area contributed by atoms with Crippen LogP contribution in [0.3, 0.4) is 0 Å². The number of amides is 1. The Morgan fingerprint density at radius 1 is 1.50 bits per heavy atom. The number of nitrogens with zero attached hydrogens (tertiary/aromatic N) is 5. The van der Waals surface area contributed by atoms with Crippen LogP contribution in [0.1, 0.15) is 30.5 Å². The molecule has 24 heavy (non-hydrogen) atoms. The highest BCUT2D eigenvalue weighted by Crippen LogP contribution is 2.20. The van der Waals surface area contributed by atoms with E-state index in [2.05, 4.69) is 20.1 Å². The van der Waals surface area contributed by atoms with Crippen LogP contribution in [0.2, 0.25) is 0 Å². The fourth-order valence-electron chi connectivity index (χ4n) is 2.72. The lowest BCUT2D eigenvalue weighted by Gasteiger charge is -2.32. The first kappa shape index (κ1) is 16.3. The van der Waals surface area contributed by atoms with Gasteiger partial charge in [-0.15, -0.1) is 0 Å². The topological polar surface area (TPSA) is 106 Å². The second kappa shape index (κ2) is 7.35. The van der Waals surface area contributed by atoms with E-state index in [1.807, 2.05) is 0 Å². The molecular formula is C15H20N6O3. The number of H-pyrrole nitrogens is 1. The number of hydrogen-bond acceptors (Lipinski definition) is 6. The molecule has 3 rings (SSSR count). The molecule has 1 aliphatic rings. The molecule has 1 atom stereocenters. The Hall–Kier alpha value is -2.55. The van der Waals surface area contributed by atoms with Gasteiger partial charge in [0.2, 0.25) is 5.91 Å². The number of ether oxygens (including phenoxy) is 1. The average molecular weight is 332 g/mol. The molecule has 1 aliphatic heterocycles. The van der Waals surface area contributed by atoms with Gasteiger partial charge in [-0.25, -0.2) is 9.97 Å². The third kappa shape index (κ3) is 4.05. The quantitative estimate of drug-likeness (QED) is 0.829. The number of hydrogen-bond donors (Lipinski definition) is 1. The van der Waals surface area contributed by atoms with E-state index in [-0.39, 0.29) is 17.6 Å². The molecule has 9 heteroatoms. The number of rotatable bonds is 5. The maximum absolute atomic E-state index is 12.4. The monoisotopic (exact) mass is 332 g/mol. The van der Waals surface area contributed by atoms with Gasteiger partial charge in [-0.1, -0.05) is 0 Å². The van der Waals surface area contributed by atoms with Crippen LogP contribution < -0.4 is 5.56 Å². The minimum atomic E-state index is -0.362. The van der Waals surface area contributed by atoms with Gasteiger partial charge < -0.3 is 14.6 Å². The lowest BCUT2D eigenvalue weighted by molar-refractivity contribution is -0.139. The molecular weight excluding hydrogens is 312 g/mol. The van der Waals surface area contributed by atoms with Gasteiger partial charge in [0.05, 0.1) is 18.8 Å². The van der Waals surface area contributed by atoms with E-state index in [1.165, 1.54) is 12.4 Å². The predicted octanol–water partition coefficient (Wildman–Crippen LogP) is 0.0501. The summed E-state index contributed by atoms with van der Waals surface area (Å²) in [4.78, 5) is 36.5. The highest BCUT2D eigenvalue weighted by molar-refractivity contribution is 5.76. The highest BCUT2D eigenvalue weighted by atomic mass is 16.5. The van der Waals surface area contributed by atoms with Crippen LogP contribution in [0.4, 0.5) is 0 Å². The van der Waals surface area contributed by atoms with Crippen LogP contribution in [-0.2, 0) is 16.1 Å². The van der Waals surface area contributed by atoms with Gasteiger partial charge in [0.25, 0.3) is 5.56 Å². The van der Waals surface area contributed by atoms with E-state index in [0.717, 1.165) is 0 Å². The van der Waals surface area contributed by atoms with Crippen molar-refractivity contribution < 1.29 is 9.53 Å². The molecule has 0 saturated carbocycles. The number of nitrogens with one attached hydrogen (secondary N) is 1. The van der Waals surface area contributed by atoms with Crippen LogP contribution in [0, 0.1) is 6.92 Å². The van der Waals surface area contributed by atoms with Gasteiger partial charge in [-0.05, 0) is 13.3 Å². The molecule has 1 N–H and O–H groups in total. The van der Waals surface area contributed by atoms with Gasteiger partial charge in [0.1, 0.15) is 24.6 Å². The smallest absolute Gasteiger partial charge is 0.251 e. The standard InChI is InChI=1S/C15H20N6O3/c1-11-18-12(7-14(22)19-11)13-8-20(5-6-24-13)15(23)3-2-4-21-10-16-9-17-21/h7,9-10,13H,2-6,8H2,1H3,(H,18,19,22). The molecule has 2 aromatic rings. The fourth-order valence-corrected chi connectivity index (χ4v) is 2.72. The van der Waals surface area contributed by atoms with Crippen molar-refractivity contribution >= 4 is 5.91 Å². The van der Waals surface area contributed by atoms with Gasteiger partial charge >= 0.3 is 0 Å². The number of aryl methyl sites for hydroxylation is 2. The third-order valence-electron chi connectivity index (χ3n) is 3.87. The summed E-state index contributed by atoms with van der Waals surface area (Å²) >= 11 is 0. The Morgan fingerprint density at radius 3 is 3.12 bits per heavy atom. The number of carbonyl (C=O) groups is 1. The molecule has 0 bridgehead atoms. The van der Waals surface area contributed by atoms with E-state index in [4.69, 9.17) is 4.74 Å². The Morgan fingerprint density at radius 2 is 2.38 bits per heavy atom. The largest absolute Gasteiger partial charge is 0.368 e. The number of aromatic amines is 1. The summed E-state index contributed by atoms with van der Waals surface area (Å²) in [5, 5.41) is 4.01. The number of morpholine rings is 1. The summed E-state index contributed by atoms with van der Waals surface area (Å²) in [5.74, 6) is 0.613. The van der Waals surface area contributed by atoms with Crippen molar-refractivity contribution in [3.63, 3.8) is 0 Å². The van der Waals surface area contributed by atoms with Crippen molar-refractivity contribution in [3.05, 3.63) is 40.6 Å². The first-order chi connectivity index (χ1) is 11.6. The Bertz CT molecular complexity index is 742. The molecule has 1 saturated heterocycles. The lowest BCUT2D eigenvalue weighted by atomic mass is 10.1. The molecule has 9 nitrogen and oxygen atoms in total. The van der Waals surface area contributed by atoms with Crippen LogP contribution >= 0.6 is 0 Å². The second-order valence-corrected chi connectivity index (χ2v) is 5.72. The van der Waals surface area contributed by atoms with Crippen LogP contribution in [0.25, 0.3) is 0 Å². The van der Waals surface area contributed by atoms with E-state index in [9.17, 15) is 9.59 Å². The summed E-state index contributed by atoms with van der Waals surface area (Å²) in [5.41, 5.74) is 0.355. The highest BCUT2D eigenvalue weighted by Gasteiger charge is 2.26. The van der Waals surface area contributed by atoms with Gasteiger partial charge in [0, 0.05) is 25.6 Å². The molecule has 1 fully saturated rings. The SMILES string of the molecule is Cc1nc(C2CN(C(=O)CCCn3cncn3)CCO2)cc(=O)[nH]1. The van der Waals surface area contributed by atoms with Crippen molar-refractivity contribution in [2.45, 2.75) is 32.4 Å². The van der Waals surface area contributed by atoms with Crippen LogP contribution in [0.15, 0.2) is 23.5 Å². The zero-order valence-corrected chi connectivity index (χ0v) is 13.5. The molecule has 1 amide bonds. The summed E-state index contributed by atoms with van der Waals surface area (Å²) in [6.07, 6.45) is 3.89. The minimum absolute atomic E-state index is 0.0741. The van der Waals surface area contributed by atoms with Crippen molar-refractivity contribution in [1.29, 1.82) is 0 Å². The van der Waals surface area contributed by atoms with Gasteiger partial charge in [-0.3, -0.25) is 14.3 Å². The normalized spacial score (nSPS) is 17.9. The maximum atomic E-state index is 12.4. The molecule has 0 aromatic carbocycles. The third-order valence-corrected chi connectivity index (χ3v) is 3.87. The summed E-state index contributed by atoms with van der Waals surface area (Å²) in [6.45, 7) is 3.79. The Balaban J connectivity index is 1.56.